The molecule has 1 heterocycles. The van der Waals surface area contributed by atoms with Gasteiger partial charge in [-0.05, 0) is 36.5 Å². The van der Waals surface area contributed by atoms with Crippen molar-refractivity contribution in [1.29, 1.82) is 0 Å². The third-order valence-corrected chi connectivity index (χ3v) is 4.13. The van der Waals surface area contributed by atoms with Crippen molar-refractivity contribution in [2.45, 2.75) is 73.6 Å². The first-order chi connectivity index (χ1) is 10.6. The van der Waals surface area contributed by atoms with Crippen molar-refractivity contribution in [3.63, 3.8) is 0 Å². The van der Waals surface area contributed by atoms with Crippen LogP contribution in [0.4, 0.5) is 0 Å². The van der Waals surface area contributed by atoms with E-state index in [2.05, 4.69) is 32.5 Å². The van der Waals surface area contributed by atoms with Crippen LogP contribution in [0.3, 0.4) is 0 Å². The predicted octanol–water partition coefficient (Wildman–Crippen LogP) is 4.07. The van der Waals surface area contributed by atoms with Gasteiger partial charge < -0.3 is 9.74 Å². The van der Waals surface area contributed by atoms with Gasteiger partial charge in [0.25, 0.3) is 5.09 Å². The summed E-state index contributed by atoms with van der Waals surface area (Å²) in [7, 11) is 0. The Labute approximate surface area is 140 Å². The maximum atomic E-state index is 12.3. The molecule has 0 N–H and O–H groups in total. The van der Waals surface area contributed by atoms with Crippen LogP contribution in [0.2, 0.25) is 0 Å². The molecule has 0 saturated carbocycles. The van der Waals surface area contributed by atoms with E-state index in [1.807, 2.05) is 18.7 Å². The lowest BCUT2D eigenvalue weighted by atomic mass is 9.80. The van der Waals surface area contributed by atoms with E-state index in [1.165, 1.54) is 0 Å². The molecule has 0 aromatic rings. The van der Waals surface area contributed by atoms with Crippen LogP contribution >= 0.6 is 0 Å². The molecule has 6 nitrogen and oxygen atoms in total. The van der Waals surface area contributed by atoms with Crippen molar-refractivity contribution in [2.75, 3.05) is 19.7 Å². The van der Waals surface area contributed by atoms with E-state index in [1.54, 1.807) is 0 Å². The molecule has 0 radical (unpaired) electrons. The SMILES string of the molecule is CC.CC(C)(C)CC(=O)N1CCCC(C)(CCO[N+](=O)[O-])CC1. The molecule has 1 unspecified atom stereocenters. The lowest BCUT2D eigenvalue weighted by Crippen LogP contribution is -2.35. The van der Waals surface area contributed by atoms with Crippen LogP contribution < -0.4 is 0 Å². The van der Waals surface area contributed by atoms with Gasteiger partial charge in [0, 0.05) is 19.5 Å². The highest BCUT2D eigenvalue weighted by Gasteiger charge is 2.30. The number of nitrogens with zero attached hydrogens (tertiary/aromatic N) is 2. The van der Waals surface area contributed by atoms with Crippen LogP contribution in [0.1, 0.15) is 73.6 Å². The summed E-state index contributed by atoms with van der Waals surface area (Å²) in [6, 6.07) is 0. The molecular weight excluding hydrogens is 296 g/mol. The van der Waals surface area contributed by atoms with Crippen LogP contribution in [0.5, 0.6) is 0 Å². The molecule has 1 aliphatic heterocycles. The summed E-state index contributed by atoms with van der Waals surface area (Å²) in [5, 5.41) is 9.48. The maximum absolute atomic E-state index is 12.3. The molecule has 1 fully saturated rings. The van der Waals surface area contributed by atoms with Gasteiger partial charge in [-0.15, -0.1) is 10.1 Å². The molecule has 6 heteroatoms. The van der Waals surface area contributed by atoms with Crippen molar-refractivity contribution >= 4 is 5.91 Å². The van der Waals surface area contributed by atoms with E-state index in [4.69, 9.17) is 0 Å². The number of likely N-dealkylation sites (tertiary alicyclic amines) is 1. The second-order valence-corrected chi connectivity index (χ2v) is 7.59. The van der Waals surface area contributed by atoms with Crippen LogP contribution in [0.15, 0.2) is 0 Å². The molecule has 23 heavy (non-hydrogen) atoms. The summed E-state index contributed by atoms with van der Waals surface area (Å²) in [5.74, 6) is 0.216. The van der Waals surface area contributed by atoms with Crippen molar-refractivity contribution in [3.05, 3.63) is 10.1 Å². The smallest absolute Gasteiger partial charge is 0.294 e. The van der Waals surface area contributed by atoms with Crippen molar-refractivity contribution in [2.24, 2.45) is 10.8 Å². The monoisotopic (exact) mass is 330 g/mol. The van der Waals surface area contributed by atoms with Gasteiger partial charge >= 0.3 is 0 Å². The minimum atomic E-state index is -0.737. The van der Waals surface area contributed by atoms with E-state index < -0.39 is 5.09 Å². The molecule has 0 aliphatic carbocycles. The van der Waals surface area contributed by atoms with Crippen LogP contribution in [-0.2, 0) is 9.63 Å². The molecule has 1 rings (SSSR count). The molecular formula is C17H34N2O4. The Morgan fingerprint density at radius 1 is 1.26 bits per heavy atom. The predicted molar refractivity (Wildman–Crippen MR) is 91.5 cm³/mol. The van der Waals surface area contributed by atoms with Gasteiger partial charge in [0.05, 0.1) is 6.61 Å². The molecule has 0 aromatic carbocycles. The van der Waals surface area contributed by atoms with Gasteiger partial charge in [0.15, 0.2) is 0 Å². The fraction of sp³-hybridized carbons (Fsp3) is 0.941. The standard InChI is InChI=1S/C15H28N2O4.C2H6/c1-14(2,3)12-13(18)16-9-5-6-15(4,7-10-16)8-11-21-17(19)20;1-2/h5-12H2,1-4H3;1-2H3. The van der Waals surface area contributed by atoms with Gasteiger partial charge in [0.2, 0.25) is 5.91 Å². The zero-order valence-corrected chi connectivity index (χ0v) is 15.7. The number of rotatable bonds is 5. The number of carbonyl (C=O) groups is 1. The van der Waals surface area contributed by atoms with E-state index in [0.717, 1.165) is 32.4 Å². The Bertz CT molecular complexity index is 379. The third kappa shape index (κ3) is 9.41. The molecule has 0 spiro atoms. The molecule has 1 amide bonds. The van der Waals surface area contributed by atoms with Crippen LogP contribution in [-0.4, -0.2) is 35.6 Å². The zero-order chi connectivity index (χ0) is 18.1. The fourth-order valence-corrected chi connectivity index (χ4v) is 2.77. The average molecular weight is 330 g/mol. The van der Waals surface area contributed by atoms with Crippen molar-refractivity contribution < 1.29 is 14.7 Å². The minimum absolute atomic E-state index is 0.00619. The quantitative estimate of drug-likeness (QED) is 0.563. The number of carbonyl (C=O) groups excluding carboxylic acids is 1. The highest BCUT2D eigenvalue weighted by Crippen LogP contribution is 2.35. The summed E-state index contributed by atoms with van der Waals surface area (Å²) < 4.78 is 0. The topological polar surface area (TPSA) is 72.7 Å². The summed E-state index contributed by atoms with van der Waals surface area (Å²) >= 11 is 0. The number of hydrogen-bond donors (Lipinski definition) is 0. The highest BCUT2D eigenvalue weighted by molar-refractivity contribution is 5.76. The van der Waals surface area contributed by atoms with Gasteiger partial charge in [0.1, 0.15) is 0 Å². The number of amides is 1. The maximum Gasteiger partial charge on any atom is 0.294 e. The van der Waals surface area contributed by atoms with Gasteiger partial charge in [-0.25, -0.2) is 0 Å². The first-order valence-corrected chi connectivity index (χ1v) is 8.66. The van der Waals surface area contributed by atoms with Crippen molar-refractivity contribution in [3.8, 4) is 0 Å². The van der Waals surface area contributed by atoms with E-state index in [9.17, 15) is 14.9 Å². The lowest BCUT2D eigenvalue weighted by Gasteiger charge is -2.28. The molecule has 1 aliphatic rings. The summed E-state index contributed by atoms with van der Waals surface area (Å²) in [5.41, 5.74) is 0.0268. The summed E-state index contributed by atoms with van der Waals surface area (Å²) in [4.78, 5) is 28.9. The van der Waals surface area contributed by atoms with E-state index >= 15 is 0 Å². The first kappa shape index (κ1) is 21.7. The average Bonchev–Trinajstić information content (AvgIpc) is 2.61. The zero-order valence-electron chi connectivity index (χ0n) is 15.7. The molecule has 1 saturated heterocycles. The van der Waals surface area contributed by atoms with Crippen LogP contribution in [0, 0.1) is 20.9 Å². The van der Waals surface area contributed by atoms with E-state index in [-0.39, 0.29) is 23.3 Å². The lowest BCUT2D eigenvalue weighted by molar-refractivity contribution is -0.758. The highest BCUT2D eigenvalue weighted by atomic mass is 16.9. The Morgan fingerprint density at radius 3 is 2.39 bits per heavy atom. The van der Waals surface area contributed by atoms with E-state index in [0.29, 0.717) is 12.8 Å². The second-order valence-electron chi connectivity index (χ2n) is 7.59. The molecule has 0 bridgehead atoms. The Morgan fingerprint density at radius 2 is 1.87 bits per heavy atom. The van der Waals surface area contributed by atoms with Crippen molar-refractivity contribution in [1.82, 2.24) is 4.90 Å². The van der Waals surface area contributed by atoms with Gasteiger partial charge in [-0.2, -0.15) is 0 Å². The number of hydrogen-bond acceptors (Lipinski definition) is 4. The minimum Gasteiger partial charge on any atom is -0.343 e. The third-order valence-electron chi connectivity index (χ3n) is 4.13. The molecule has 1 atom stereocenters. The van der Waals surface area contributed by atoms with Gasteiger partial charge in [-0.3, -0.25) is 4.79 Å². The van der Waals surface area contributed by atoms with Crippen LogP contribution in [0.25, 0.3) is 0 Å². The summed E-state index contributed by atoms with van der Waals surface area (Å²) in [6.45, 7) is 14.0. The fourth-order valence-electron chi connectivity index (χ4n) is 2.77. The Balaban J connectivity index is 0.00000232. The second kappa shape index (κ2) is 9.73. The normalized spacial score (nSPS) is 21.7. The Hall–Kier alpha value is -1.33. The molecule has 0 aromatic heterocycles. The molecule has 136 valence electrons. The summed E-state index contributed by atoms with van der Waals surface area (Å²) in [6.07, 6.45) is 4.03. The Kier molecular flexibility index (Phi) is 9.17. The first-order valence-electron chi connectivity index (χ1n) is 8.66. The van der Waals surface area contributed by atoms with Gasteiger partial charge in [-0.1, -0.05) is 41.5 Å². The largest absolute Gasteiger partial charge is 0.343 e.